The summed E-state index contributed by atoms with van der Waals surface area (Å²) in [4.78, 5) is 19.0. The number of amides is 1. The molecule has 1 N–H and O–H groups in total. The first-order valence-electron chi connectivity index (χ1n) is 8.53. The van der Waals surface area contributed by atoms with Crippen LogP contribution in [-0.2, 0) is 11.3 Å². The van der Waals surface area contributed by atoms with Crippen molar-refractivity contribution in [1.82, 2.24) is 25.0 Å². The number of carbonyl (C=O) groups is 1. The van der Waals surface area contributed by atoms with E-state index in [2.05, 4.69) is 27.2 Å². The number of hydrogen-bond acceptors (Lipinski definition) is 4. The highest BCUT2D eigenvalue weighted by molar-refractivity contribution is 5.76. The largest absolute Gasteiger partial charge is 0.346 e. The summed E-state index contributed by atoms with van der Waals surface area (Å²) in [6, 6.07) is -0.0878. The van der Waals surface area contributed by atoms with E-state index in [9.17, 15) is 4.79 Å². The molecule has 0 aliphatic carbocycles. The number of likely N-dealkylation sites (tertiary alicyclic amines) is 1. The van der Waals surface area contributed by atoms with Gasteiger partial charge < -0.3 is 10.2 Å². The van der Waals surface area contributed by atoms with Crippen LogP contribution in [0.15, 0.2) is 6.33 Å². The maximum absolute atomic E-state index is 12.2. The first kappa shape index (κ1) is 16.9. The number of aryl methyl sites for hydroxylation is 1. The molecule has 1 aromatic rings. The third-order valence-electron chi connectivity index (χ3n) is 4.43. The van der Waals surface area contributed by atoms with Gasteiger partial charge in [0.15, 0.2) is 0 Å². The number of carbonyl (C=O) groups excluding carboxylic acids is 1. The van der Waals surface area contributed by atoms with E-state index in [4.69, 9.17) is 0 Å². The van der Waals surface area contributed by atoms with Crippen LogP contribution < -0.4 is 5.32 Å². The van der Waals surface area contributed by atoms with E-state index in [0.717, 1.165) is 38.3 Å². The molecule has 2 heterocycles. The summed E-state index contributed by atoms with van der Waals surface area (Å²) in [6.07, 6.45) is 5.65. The van der Waals surface area contributed by atoms with Gasteiger partial charge in [0.05, 0.1) is 6.04 Å². The van der Waals surface area contributed by atoms with Crippen LogP contribution >= 0.6 is 0 Å². The number of rotatable bonds is 7. The van der Waals surface area contributed by atoms with Gasteiger partial charge in [-0.3, -0.25) is 4.79 Å². The van der Waals surface area contributed by atoms with E-state index in [1.807, 2.05) is 18.5 Å². The lowest BCUT2D eigenvalue weighted by Crippen LogP contribution is -2.37. The molecule has 124 valence electrons. The molecule has 1 unspecified atom stereocenters. The summed E-state index contributed by atoms with van der Waals surface area (Å²) in [5.74, 6) is 1.48. The standard InChI is InChI=1S/C16H29N5O/c1-4-8-20-9-6-14(7-10-20)11-15(22)19-13(3)16-17-12-18-21(16)5-2/h12-14H,4-11H2,1-3H3,(H,19,22). The normalized spacial score (nSPS) is 18.3. The fourth-order valence-electron chi connectivity index (χ4n) is 3.21. The highest BCUT2D eigenvalue weighted by Gasteiger charge is 2.22. The van der Waals surface area contributed by atoms with Crippen LogP contribution in [0, 0.1) is 5.92 Å². The molecular weight excluding hydrogens is 278 g/mol. The lowest BCUT2D eigenvalue weighted by Gasteiger charge is -2.31. The number of piperidine rings is 1. The molecule has 1 fully saturated rings. The van der Waals surface area contributed by atoms with Gasteiger partial charge in [-0.15, -0.1) is 0 Å². The van der Waals surface area contributed by atoms with Crippen molar-refractivity contribution >= 4 is 5.91 Å². The molecule has 1 amide bonds. The molecule has 1 aromatic heterocycles. The zero-order chi connectivity index (χ0) is 15.9. The molecule has 2 rings (SSSR count). The van der Waals surface area contributed by atoms with Gasteiger partial charge in [-0.05, 0) is 58.7 Å². The second-order valence-corrected chi connectivity index (χ2v) is 6.21. The minimum Gasteiger partial charge on any atom is -0.346 e. The van der Waals surface area contributed by atoms with Crippen LogP contribution in [-0.4, -0.2) is 45.2 Å². The monoisotopic (exact) mass is 307 g/mol. The summed E-state index contributed by atoms with van der Waals surface area (Å²) in [7, 11) is 0. The minimum absolute atomic E-state index is 0.0878. The molecule has 1 saturated heterocycles. The predicted molar refractivity (Wildman–Crippen MR) is 86.3 cm³/mol. The third-order valence-corrected chi connectivity index (χ3v) is 4.43. The summed E-state index contributed by atoms with van der Waals surface area (Å²) in [5, 5.41) is 7.22. The summed E-state index contributed by atoms with van der Waals surface area (Å²) >= 11 is 0. The summed E-state index contributed by atoms with van der Waals surface area (Å²) < 4.78 is 1.83. The van der Waals surface area contributed by atoms with Crippen molar-refractivity contribution in [3.05, 3.63) is 12.2 Å². The van der Waals surface area contributed by atoms with Crippen molar-refractivity contribution in [3.8, 4) is 0 Å². The molecule has 6 heteroatoms. The van der Waals surface area contributed by atoms with Crippen molar-refractivity contribution < 1.29 is 4.79 Å². The molecule has 0 aromatic carbocycles. The third kappa shape index (κ3) is 4.53. The van der Waals surface area contributed by atoms with Crippen LogP contribution in [0.25, 0.3) is 0 Å². The van der Waals surface area contributed by atoms with Gasteiger partial charge in [0, 0.05) is 13.0 Å². The van der Waals surface area contributed by atoms with Gasteiger partial charge >= 0.3 is 0 Å². The first-order chi connectivity index (χ1) is 10.6. The van der Waals surface area contributed by atoms with E-state index in [-0.39, 0.29) is 11.9 Å². The zero-order valence-electron chi connectivity index (χ0n) is 14.1. The van der Waals surface area contributed by atoms with Gasteiger partial charge in [-0.25, -0.2) is 9.67 Å². The molecule has 1 aliphatic heterocycles. The van der Waals surface area contributed by atoms with Crippen LogP contribution in [0.1, 0.15) is 58.3 Å². The molecule has 0 bridgehead atoms. The molecule has 22 heavy (non-hydrogen) atoms. The van der Waals surface area contributed by atoms with Crippen LogP contribution in [0.4, 0.5) is 0 Å². The van der Waals surface area contributed by atoms with Crippen molar-refractivity contribution in [2.75, 3.05) is 19.6 Å². The molecule has 0 radical (unpaired) electrons. The number of nitrogens with one attached hydrogen (secondary N) is 1. The Morgan fingerprint density at radius 1 is 1.41 bits per heavy atom. The van der Waals surface area contributed by atoms with Gasteiger partial charge in [0.2, 0.25) is 5.91 Å². The Hall–Kier alpha value is -1.43. The summed E-state index contributed by atoms with van der Waals surface area (Å²) in [6.45, 7) is 10.4. The van der Waals surface area contributed by atoms with Gasteiger partial charge in [-0.2, -0.15) is 5.10 Å². The quantitative estimate of drug-likeness (QED) is 0.837. The Morgan fingerprint density at radius 3 is 2.77 bits per heavy atom. The van der Waals surface area contributed by atoms with Crippen LogP contribution in [0.5, 0.6) is 0 Å². The van der Waals surface area contributed by atoms with E-state index in [1.165, 1.54) is 13.0 Å². The molecular formula is C16H29N5O. The Kier molecular flexibility index (Phi) is 6.36. The van der Waals surface area contributed by atoms with Gasteiger partial charge in [0.25, 0.3) is 0 Å². The molecule has 1 atom stereocenters. The average molecular weight is 307 g/mol. The van der Waals surface area contributed by atoms with Crippen LogP contribution in [0.2, 0.25) is 0 Å². The lowest BCUT2D eigenvalue weighted by molar-refractivity contribution is -0.123. The molecule has 1 aliphatic rings. The van der Waals surface area contributed by atoms with E-state index in [0.29, 0.717) is 12.3 Å². The second-order valence-electron chi connectivity index (χ2n) is 6.21. The van der Waals surface area contributed by atoms with Crippen molar-refractivity contribution in [2.45, 2.75) is 59.0 Å². The summed E-state index contributed by atoms with van der Waals surface area (Å²) in [5.41, 5.74) is 0. The highest BCUT2D eigenvalue weighted by Crippen LogP contribution is 2.21. The van der Waals surface area contributed by atoms with Crippen molar-refractivity contribution in [1.29, 1.82) is 0 Å². The molecule has 0 spiro atoms. The first-order valence-corrected chi connectivity index (χ1v) is 8.53. The molecule has 0 saturated carbocycles. The SMILES string of the molecule is CCCN1CCC(CC(=O)NC(C)c2ncnn2CC)CC1. The zero-order valence-corrected chi connectivity index (χ0v) is 14.1. The predicted octanol–water partition coefficient (Wildman–Crippen LogP) is 1.99. The van der Waals surface area contributed by atoms with Gasteiger partial charge in [-0.1, -0.05) is 6.92 Å². The highest BCUT2D eigenvalue weighted by atomic mass is 16.1. The van der Waals surface area contributed by atoms with E-state index >= 15 is 0 Å². The lowest BCUT2D eigenvalue weighted by atomic mass is 9.93. The van der Waals surface area contributed by atoms with Crippen LogP contribution in [0.3, 0.4) is 0 Å². The Bertz CT molecular complexity index is 465. The fraction of sp³-hybridized carbons (Fsp3) is 0.812. The maximum atomic E-state index is 12.2. The van der Waals surface area contributed by atoms with Gasteiger partial charge in [0.1, 0.15) is 12.2 Å². The molecule has 6 nitrogen and oxygen atoms in total. The smallest absolute Gasteiger partial charge is 0.220 e. The topological polar surface area (TPSA) is 63.1 Å². The average Bonchev–Trinajstić information content (AvgIpc) is 2.98. The van der Waals surface area contributed by atoms with E-state index < -0.39 is 0 Å². The minimum atomic E-state index is -0.0878. The van der Waals surface area contributed by atoms with E-state index in [1.54, 1.807) is 6.33 Å². The Labute approximate surface area is 133 Å². The Morgan fingerprint density at radius 2 is 2.14 bits per heavy atom. The van der Waals surface area contributed by atoms with Crippen molar-refractivity contribution in [2.24, 2.45) is 5.92 Å². The second kappa shape index (κ2) is 8.27. The number of nitrogens with zero attached hydrogens (tertiary/aromatic N) is 4. The van der Waals surface area contributed by atoms with Crippen molar-refractivity contribution in [3.63, 3.8) is 0 Å². The fourth-order valence-corrected chi connectivity index (χ4v) is 3.21. The number of hydrogen-bond donors (Lipinski definition) is 1. The number of aromatic nitrogens is 3. The maximum Gasteiger partial charge on any atom is 0.220 e. The Balaban J connectivity index is 1.76.